The van der Waals surface area contributed by atoms with Crippen LogP contribution in [0.4, 0.5) is 11.4 Å². The van der Waals surface area contributed by atoms with Crippen LogP contribution in [0.3, 0.4) is 0 Å². The Morgan fingerprint density at radius 3 is 2.94 bits per heavy atom. The van der Waals surface area contributed by atoms with Gasteiger partial charge < -0.3 is 15.8 Å². The molecular weight excluding hydrogens is 226 g/mol. The van der Waals surface area contributed by atoms with E-state index >= 15 is 0 Å². The van der Waals surface area contributed by atoms with Crippen molar-refractivity contribution in [3.63, 3.8) is 0 Å². The third kappa shape index (κ3) is 2.75. The number of anilines is 2. The van der Waals surface area contributed by atoms with E-state index in [-0.39, 0.29) is 6.10 Å². The molecule has 0 bridgehead atoms. The molecule has 0 amide bonds. The molecule has 18 heavy (non-hydrogen) atoms. The molecule has 0 saturated carbocycles. The van der Waals surface area contributed by atoms with E-state index in [1.165, 1.54) is 0 Å². The lowest BCUT2D eigenvalue weighted by atomic mass is 10.1. The van der Waals surface area contributed by atoms with Crippen LogP contribution in [0.1, 0.15) is 33.1 Å². The summed E-state index contributed by atoms with van der Waals surface area (Å²) in [4.78, 5) is 4.60. The second kappa shape index (κ2) is 5.76. The fraction of sp³-hybridized carbons (Fsp3) is 0.500. The number of rotatable bonds is 4. The number of nitrogens with two attached hydrogens (primary N) is 1. The highest BCUT2D eigenvalue weighted by atomic mass is 16.5. The molecule has 0 saturated heterocycles. The van der Waals surface area contributed by atoms with Crippen molar-refractivity contribution < 1.29 is 4.74 Å². The van der Waals surface area contributed by atoms with Gasteiger partial charge in [0, 0.05) is 18.3 Å². The van der Waals surface area contributed by atoms with Gasteiger partial charge in [-0.15, -0.1) is 0 Å². The van der Waals surface area contributed by atoms with Gasteiger partial charge in [0.1, 0.15) is 11.6 Å². The average molecular weight is 247 g/mol. The minimum absolute atomic E-state index is 0.0103. The summed E-state index contributed by atoms with van der Waals surface area (Å²) in [5.74, 6) is 1.75. The van der Waals surface area contributed by atoms with Crippen LogP contribution in [0.15, 0.2) is 23.2 Å². The van der Waals surface area contributed by atoms with Crippen LogP contribution < -0.4 is 15.8 Å². The summed E-state index contributed by atoms with van der Waals surface area (Å²) in [7, 11) is 0. The Kier molecular flexibility index (Phi) is 4.07. The van der Waals surface area contributed by atoms with Crippen LogP contribution >= 0.6 is 0 Å². The van der Waals surface area contributed by atoms with E-state index in [0.29, 0.717) is 0 Å². The summed E-state index contributed by atoms with van der Waals surface area (Å²) in [6.07, 6.45) is 3.17. The van der Waals surface area contributed by atoms with Crippen molar-refractivity contribution in [2.45, 2.75) is 39.2 Å². The van der Waals surface area contributed by atoms with Crippen LogP contribution in [0.2, 0.25) is 0 Å². The fourth-order valence-electron chi connectivity index (χ4n) is 1.94. The monoisotopic (exact) mass is 247 g/mol. The maximum Gasteiger partial charge on any atom is 0.155 e. The summed E-state index contributed by atoms with van der Waals surface area (Å²) in [6, 6.07) is 5.66. The van der Waals surface area contributed by atoms with Crippen LogP contribution in [0.25, 0.3) is 0 Å². The maximum atomic E-state index is 5.93. The predicted molar refractivity (Wildman–Crippen MR) is 76.4 cm³/mol. The highest BCUT2D eigenvalue weighted by molar-refractivity contribution is 6.02. The molecule has 4 nitrogen and oxygen atoms in total. The smallest absolute Gasteiger partial charge is 0.155 e. The first-order valence-corrected chi connectivity index (χ1v) is 6.62. The van der Waals surface area contributed by atoms with Crippen LogP contribution in [-0.2, 0) is 0 Å². The van der Waals surface area contributed by atoms with Gasteiger partial charge in [0.05, 0.1) is 5.69 Å². The number of nitrogens with zero attached hydrogens (tertiary/aromatic N) is 1. The van der Waals surface area contributed by atoms with E-state index in [9.17, 15) is 0 Å². The van der Waals surface area contributed by atoms with E-state index in [0.717, 1.165) is 48.8 Å². The SMILES string of the molecule is CCCCN=C1Nc2ccc(N)cc2OC1CC. The molecule has 0 radical (unpaired) electrons. The third-order valence-corrected chi connectivity index (χ3v) is 3.01. The second-order valence-corrected chi connectivity index (χ2v) is 4.52. The number of hydrogen-bond acceptors (Lipinski definition) is 3. The second-order valence-electron chi connectivity index (χ2n) is 4.52. The van der Waals surface area contributed by atoms with Gasteiger partial charge in [-0.3, -0.25) is 4.99 Å². The van der Waals surface area contributed by atoms with Gasteiger partial charge in [-0.05, 0) is 25.0 Å². The summed E-state index contributed by atoms with van der Waals surface area (Å²) in [6.45, 7) is 5.11. The molecule has 98 valence electrons. The Hall–Kier alpha value is -1.71. The van der Waals surface area contributed by atoms with Gasteiger partial charge >= 0.3 is 0 Å². The number of fused-ring (bicyclic) bond motifs is 1. The first-order valence-electron chi connectivity index (χ1n) is 6.62. The Morgan fingerprint density at radius 1 is 1.39 bits per heavy atom. The van der Waals surface area contributed by atoms with Crippen molar-refractivity contribution in [1.29, 1.82) is 0 Å². The standard InChI is InChI=1S/C14H21N3O/c1-3-5-8-16-14-12(4-2)18-13-9-10(15)6-7-11(13)17-14/h6-7,9,12H,3-5,8,15H2,1-2H3,(H,16,17). The summed E-state index contributed by atoms with van der Waals surface area (Å²) in [5, 5.41) is 3.35. The molecule has 1 aliphatic rings. The topological polar surface area (TPSA) is 59.6 Å². The van der Waals surface area contributed by atoms with Gasteiger partial charge in [0.2, 0.25) is 0 Å². The number of amidine groups is 1. The van der Waals surface area contributed by atoms with Crippen LogP contribution in [0.5, 0.6) is 5.75 Å². The highest BCUT2D eigenvalue weighted by Crippen LogP contribution is 2.32. The van der Waals surface area contributed by atoms with Gasteiger partial charge in [-0.2, -0.15) is 0 Å². The van der Waals surface area contributed by atoms with Crippen LogP contribution in [-0.4, -0.2) is 18.5 Å². The predicted octanol–water partition coefficient (Wildman–Crippen LogP) is 3.05. The average Bonchev–Trinajstić information content (AvgIpc) is 2.38. The summed E-state index contributed by atoms with van der Waals surface area (Å²) in [5.41, 5.74) is 7.43. The molecule has 3 N–H and O–H groups in total. The lowest BCUT2D eigenvalue weighted by Crippen LogP contribution is -2.37. The van der Waals surface area contributed by atoms with Gasteiger partial charge in [-0.25, -0.2) is 0 Å². The molecule has 1 atom stereocenters. The molecule has 1 aromatic carbocycles. The summed E-state index contributed by atoms with van der Waals surface area (Å²) < 4.78 is 5.93. The van der Waals surface area contributed by atoms with E-state index in [4.69, 9.17) is 10.5 Å². The summed E-state index contributed by atoms with van der Waals surface area (Å²) >= 11 is 0. The Morgan fingerprint density at radius 2 is 2.22 bits per heavy atom. The van der Waals surface area contributed by atoms with Crippen molar-refractivity contribution >= 4 is 17.2 Å². The molecule has 0 spiro atoms. The molecule has 0 aliphatic carbocycles. The largest absolute Gasteiger partial charge is 0.480 e. The molecular formula is C14H21N3O. The lowest BCUT2D eigenvalue weighted by Gasteiger charge is -2.28. The number of aliphatic imine (C=N–C) groups is 1. The normalized spacial score (nSPS) is 20.1. The van der Waals surface area contributed by atoms with E-state index < -0.39 is 0 Å². The molecule has 1 unspecified atom stereocenters. The van der Waals surface area contributed by atoms with Crippen molar-refractivity contribution in [2.24, 2.45) is 4.99 Å². The Balaban J connectivity index is 2.19. The molecule has 1 heterocycles. The Labute approximate surface area is 108 Å². The minimum atomic E-state index is 0.0103. The number of hydrogen-bond donors (Lipinski definition) is 2. The molecule has 0 fully saturated rings. The number of nitrogen functional groups attached to an aromatic ring is 1. The molecule has 2 rings (SSSR count). The van der Waals surface area contributed by atoms with E-state index in [2.05, 4.69) is 24.2 Å². The van der Waals surface area contributed by atoms with Crippen molar-refractivity contribution in [3.05, 3.63) is 18.2 Å². The number of unbranched alkanes of at least 4 members (excludes halogenated alkanes) is 1. The third-order valence-electron chi connectivity index (χ3n) is 3.01. The number of ether oxygens (including phenoxy) is 1. The zero-order valence-electron chi connectivity index (χ0n) is 11.1. The molecule has 0 aromatic heterocycles. The van der Waals surface area contributed by atoms with E-state index in [1.54, 1.807) is 0 Å². The van der Waals surface area contributed by atoms with Crippen molar-refractivity contribution in [2.75, 3.05) is 17.6 Å². The fourth-order valence-corrected chi connectivity index (χ4v) is 1.94. The first-order chi connectivity index (χ1) is 8.74. The number of benzene rings is 1. The maximum absolute atomic E-state index is 5.93. The zero-order valence-corrected chi connectivity index (χ0v) is 11.1. The number of nitrogens with one attached hydrogen (secondary N) is 1. The van der Waals surface area contributed by atoms with Crippen LogP contribution in [0, 0.1) is 0 Å². The van der Waals surface area contributed by atoms with Gasteiger partial charge in [0.25, 0.3) is 0 Å². The zero-order chi connectivity index (χ0) is 13.0. The van der Waals surface area contributed by atoms with Crippen molar-refractivity contribution in [1.82, 2.24) is 0 Å². The minimum Gasteiger partial charge on any atom is -0.480 e. The van der Waals surface area contributed by atoms with Gasteiger partial charge in [0.15, 0.2) is 6.10 Å². The van der Waals surface area contributed by atoms with Gasteiger partial charge in [-0.1, -0.05) is 20.3 Å². The lowest BCUT2D eigenvalue weighted by molar-refractivity contribution is 0.258. The van der Waals surface area contributed by atoms with Crippen molar-refractivity contribution in [3.8, 4) is 5.75 Å². The quantitative estimate of drug-likeness (QED) is 0.635. The molecule has 1 aromatic rings. The molecule has 4 heteroatoms. The highest BCUT2D eigenvalue weighted by Gasteiger charge is 2.23. The van der Waals surface area contributed by atoms with E-state index in [1.807, 2.05) is 18.2 Å². The molecule has 1 aliphatic heterocycles. The first kappa shape index (κ1) is 12.7. The Bertz CT molecular complexity index is 443.